The maximum atomic E-state index is 14.3. The van der Waals surface area contributed by atoms with E-state index in [4.69, 9.17) is 25.9 Å². The first-order valence-corrected chi connectivity index (χ1v) is 37.2. The smallest absolute Gasteiger partial charge is 0.435 e. The van der Waals surface area contributed by atoms with E-state index < -0.39 is 40.1 Å². The van der Waals surface area contributed by atoms with Gasteiger partial charge in [0.2, 0.25) is 15.9 Å². The van der Waals surface area contributed by atoms with Gasteiger partial charge in [-0.25, -0.2) is 23.0 Å². The van der Waals surface area contributed by atoms with Crippen LogP contribution in [-0.4, -0.2) is 106 Å². The Balaban J connectivity index is 0.000000225. The second-order valence-electron chi connectivity index (χ2n) is 25.9. The zero-order chi connectivity index (χ0) is 74.0. The van der Waals surface area contributed by atoms with Gasteiger partial charge in [-0.3, -0.25) is 19.7 Å². The van der Waals surface area contributed by atoms with Crippen LogP contribution >= 0.6 is 24.0 Å². The third kappa shape index (κ3) is 21.1. The van der Waals surface area contributed by atoms with Crippen LogP contribution in [0.5, 0.6) is 5.75 Å². The number of sulfonamides is 1. The first-order chi connectivity index (χ1) is 49.4. The Kier molecular flexibility index (Phi) is 29.0. The van der Waals surface area contributed by atoms with Gasteiger partial charge in [0.15, 0.2) is 17.2 Å². The molecule has 1 aliphatic rings. The average Bonchev–Trinajstić information content (AvgIpc) is 1.57. The van der Waals surface area contributed by atoms with Crippen molar-refractivity contribution in [1.82, 2.24) is 25.1 Å². The molecule has 4 aromatic heterocycles. The molecule has 3 atom stereocenters. The third-order valence-electron chi connectivity index (χ3n) is 18.3. The predicted molar refractivity (Wildman–Crippen MR) is 409 cm³/mol. The number of primary sulfonamides is 1. The summed E-state index contributed by atoms with van der Waals surface area (Å²) in [5, 5.41) is 38.6. The van der Waals surface area contributed by atoms with Crippen molar-refractivity contribution in [1.29, 1.82) is 0 Å². The number of aryl methyl sites for hydroxylation is 2. The zero-order valence-electron chi connectivity index (χ0n) is 59.4. The first-order valence-electron chi connectivity index (χ1n) is 35.1. The molecule has 0 fully saturated rings. The van der Waals surface area contributed by atoms with Gasteiger partial charge in [0.25, 0.3) is 11.8 Å². The number of carbonyl (C=O) groups is 4. The normalized spacial score (nSPS) is 13.3. The molecular weight excluding hydrogens is 1400 g/mol. The highest BCUT2D eigenvalue weighted by molar-refractivity contribution is 7.89. The van der Waals surface area contributed by atoms with Gasteiger partial charge in [0, 0.05) is 101 Å². The lowest BCUT2D eigenvalue weighted by Gasteiger charge is -2.21. The molecule has 4 amide bonds. The summed E-state index contributed by atoms with van der Waals surface area (Å²) >= 11 is 6.51. The maximum Gasteiger partial charge on any atom is 0.435 e. The summed E-state index contributed by atoms with van der Waals surface area (Å²) in [7, 11) is -3.90. The molecule has 0 radical (unpaired) electrons. The largest absolute Gasteiger partial charge is 0.451 e. The highest BCUT2D eigenvalue weighted by atomic mass is 35.5. The molecule has 5 heterocycles. The average molecular weight is 1490 g/mol. The summed E-state index contributed by atoms with van der Waals surface area (Å²) in [5.41, 5.74) is 8.07. The molecule has 6 aromatic carbocycles. The summed E-state index contributed by atoms with van der Waals surface area (Å²) in [5.74, 6) is -0.205. The molecule has 20 nitrogen and oxygen atoms in total. The number of aromatic amines is 2. The lowest BCUT2D eigenvalue weighted by Crippen LogP contribution is -2.44. The van der Waals surface area contributed by atoms with E-state index >= 15 is 0 Å². The SMILES string of the molecule is CCCCCCCCCCCCCCC[C@H](O)[C@H](CO)NC(C)=O.CCN(CC)c1ccc2cc(C(=O)Nc3ccc4[nH]c(C(=O)N5C[C@@H](CCl)c6c5cc(OC(=O)Nc5ccccc5)c5[nH]cc(C)c65)cc4c3)oc2c1.Cc1ccc(-c2cc(C(F)(F)F)nn2-c2ccc(S(N)(=O)=O)cc2)cc1.Cl. The zero-order valence-corrected chi connectivity index (χ0v) is 61.8. The number of carbonyl (C=O) groups excluding carboxylic acids is 4. The minimum atomic E-state index is -4.61. The number of H-pyrrole nitrogens is 2. The monoisotopic (exact) mass is 1490 g/mol. The van der Waals surface area contributed by atoms with E-state index in [2.05, 4.69) is 56.7 Å². The minimum Gasteiger partial charge on any atom is -0.451 e. The van der Waals surface area contributed by atoms with Crippen molar-refractivity contribution in [3.05, 3.63) is 180 Å². The van der Waals surface area contributed by atoms with Gasteiger partial charge in [-0.05, 0) is 130 Å². The number of aliphatic hydroxyl groups is 2. The van der Waals surface area contributed by atoms with E-state index in [-0.39, 0.29) is 64.7 Å². The molecule has 556 valence electrons. The Bertz CT molecular complexity index is 4620. The number of anilines is 4. The van der Waals surface area contributed by atoms with Crippen molar-refractivity contribution in [3.63, 3.8) is 0 Å². The fourth-order valence-electron chi connectivity index (χ4n) is 12.8. The van der Waals surface area contributed by atoms with Crippen LogP contribution in [0, 0.1) is 13.8 Å². The number of hydrogen-bond acceptors (Lipinski definition) is 12. The van der Waals surface area contributed by atoms with Crippen molar-refractivity contribution in [2.45, 2.75) is 161 Å². The van der Waals surface area contributed by atoms with Gasteiger partial charge < -0.3 is 49.8 Å². The van der Waals surface area contributed by atoms with E-state index in [1.807, 2.05) is 68.6 Å². The number of rotatable bonds is 29. The van der Waals surface area contributed by atoms with Gasteiger partial charge in [-0.2, -0.15) is 18.3 Å². The number of aliphatic hydroxyl groups excluding tert-OH is 2. The maximum absolute atomic E-state index is 14.3. The number of amides is 4. The number of fused-ring (bicyclic) bond motifs is 5. The molecule has 0 unspecified atom stereocenters. The molecule has 0 saturated carbocycles. The molecule has 104 heavy (non-hydrogen) atoms. The molecule has 0 spiro atoms. The number of nitrogens with one attached hydrogen (secondary N) is 5. The van der Waals surface area contributed by atoms with Crippen LogP contribution in [0.1, 0.15) is 167 Å². The molecule has 0 saturated heterocycles. The van der Waals surface area contributed by atoms with Gasteiger partial charge in [0.1, 0.15) is 11.3 Å². The Morgan fingerprint density at radius 3 is 2.05 bits per heavy atom. The molecule has 10 aromatic rings. The number of halogens is 5. The number of para-hydroxylation sites is 1. The number of ether oxygens (including phenoxy) is 1. The number of furan rings is 1. The van der Waals surface area contributed by atoms with Crippen molar-refractivity contribution in [2.24, 2.45) is 5.14 Å². The van der Waals surface area contributed by atoms with Crippen molar-refractivity contribution < 1.29 is 60.1 Å². The second kappa shape index (κ2) is 37.5. The summed E-state index contributed by atoms with van der Waals surface area (Å²) in [6.45, 7) is 13.6. The van der Waals surface area contributed by atoms with Crippen molar-refractivity contribution in [3.8, 4) is 22.7 Å². The number of nitrogens with zero attached hydrogens (tertiary/aromatic N) is 4. The number of unbranched alkanes of at least 4 members (excludes halogenated alkanes) is 12. The summed E-state index contributed by atoms with van der Waals surface area (Å²) in [6.07, 6.45) is 13.5. The van der Waals surface area contributed by atoms with Crippen LogP contribution in [0.3, 0.4) is 0 Å². The van der Waals surface area contributed by atoms with Crippen LogP contribution in [0.4, 0.5) is 40.7 Å². The standard InChI is InChI=1S/C41H37ClN6O5.C20H41NO3.C17H14F3N3O2S.ClH/c1-4-47(5-2)29-13-11-24-17-35(52-33(24)18-29)39(49)44-28-12-14-30-25(15-28)16-31(46-30)40(50)48-22-26(20-42)37-32(48)19-34(38-36(37)23(3)21-43-38)53-41(51)45-27-9-7-6-8-10-27;1-3-4-5-6-7-8-9-10-11-12-13-14-15-16-20(24)19(17-22)21-18(2)23;1-11-2-4-12(5-3-11)15-10-16(17(18,19)20)22-23(15)13-6-8-14(9-7-13)26(21,24)25;/h6-19,21,26,43,46H,4-5,20,22H2,1-3H3,(H,44,49)(H,45,51);19-20,22,24H,3-17H2,1-2H3,(H,21,23);2-10H,1H3,(H2,21,24,25);1H/t26-;19-,20-;;/m10../s1. The van der Waals surface area contributed by atoms with Gasteiger partial charge >= 0.3 is 12.3 Å². The molecular formula is C78H93Cl2F3N10O10S. The van der Waals surface area contributed by atoms with Gasteiger partial charge in [-0.1, -0.05) is 138 Å². The number of aromatic nitrogens is 4. The third-order valence-corrected chi connectivity index (χ3v) is 19.6. The van der Waals surface area contributed by atoms with Crippen LogP contribution in [0.15, 0.2) is 155 Å². The molecule has 0 bridgehead atoms. The van der Waals surface area contributed by atoms with E-state index in [1.54, 1.807) is 65.6 Å². The molecule has 9 N–H and O–H groups in total. The Morgan fingerprint density at radius 1 is 0.788 bits per heavy atom. The topological polar surface area (TPSA) is 283 Å². The van der Waals surface area contributed by atoms with E-state index in [0.717, 1.165) is 80.7 Å². The van der Waals surface area contributed by atoms with Crippen LogP contribution < -0.4 is 35.6 Å². The van der Waals surface area contributed by atoms with Gasteiger partial charge in [0.05, 0.1) is 46.2 Å². The lowest BCUT2D eigenvalue weighted by molar-refractivity contribution is -0.141. The summed E-state index contributed by atoms with van der Waals surface area (Å²) in [4.78, 5) is 61.7. The summed E-state index contributed by atoms with van der Waals surface area (Å²) < 4.78 is 75.0. The quantitative estimate of drug-likeness (QED) is 0.0160. The van der Waals surface area contributed by atoms with Crippen molar-refractivity contribution in [2.75, 3.05) is 52.6 Å². The van der Waals surface area contributed by atoms with Crippen LogP contribution in [0.25, 0.3) is 49.7 Å². The second-order valence-corrected chi connectivity index (χ2v) is 27.8. The van der Waals surface area contributed by atoms with Crippen molar-refractivity contribution >= 4 is 113 Å². The lowest BCUT2D eigenvalue weighted by atomic mass is 9.97. The number of benzene rings is 6. The first kappa shape index (κ1) is 80.5. The molecule has 1 aliphatic heterocycles. The Morgan fingerprint density at radius 2 is 1.44 bits per heavy atom. The highest BCUT2D eigenvalue weighted by Crippen LogP contribution is 2.47. The van der Waals surface area contributed by atoms with E-state index in [9.17, 15) is 51.0 Å². The summed E-state index contributed by atoms with van der Waals surface area (Å²) in [6, 6.07) is 38.1. The predicted octanol–water partition coefficient (Wildman–Crippen LogP) is 17.7. The fourth-order valence-corrected chi connectivity index (χ4v) is 13.5. The Labute approximate surface area is 615 Å². The number of hydrogen-bond donors (Lipinski definition) is 8. The fraction of sp³-hybridized carbons (Fsp3) is 0.372. The Hall–Kier alpha value is -9.17. The number of nitrogens with two attached hydrogens (primary N) is 1. The van der Waals surface area contributed by atoms with Gasteiger partial charge in [-0.15, -0.1) is 24.0 Å². The number of alkyl halides is 4. The van der Waals surface area contributed by atoms with E-state index in [0.29, 0.717) is 64.0 Å². The van der Waals surface area contributed by atoms with E-state index in [1.165, 1.54) is 102 Å². The van der Waals surface area contributed by atoms with Crippen LogP contribution in [0.2, 0.25) is 0 Å². The van der Waals surface area contributed by atoms with Crippen LogP contribution in [-0.2, 0) is 21.0 Å². The molecule has 26 heteroatoms. The molecule has 11 rings (SSSR count). The highest BCUT2D eigenvalue weighted by Gasteiger charge is 2.38. The minimum absolute atomic E-state index is 0. The molecule has 0 aliphatic carbocycles.